The van der Waals surface area contributed by atoms with Crippen molar-refractivity contribution in [3.8, 4) is 11.1 Å². The number of nitrogens with zero attached hydrogens (tertiary/aromatic N) is 7. The van der Waals surface area contributed by atoms with Crippen LogP contribution in [0.3, 0.4) is 0 Å². The maximum absolute atomic E-state index is 13.9. The average molecular weight is 562 g/mol. The predicted octanol–water partition coefficient (Wildman–Crippen LogP) is 2.74. The van der Waals surface area contributed by atoms with Crippen LogP contribution in [-0.4, -0.2) is 72.6 Å². The number of aromatic amines is 1. The summed E-state index contributed by atoms with van der Waals surface area (Å²) in [4.78, 5) is 24.3. The minimum Gasteiger partial charge on any atom is -0.382 e. The first-order valence-corrected chi connectivity index (χ1v) is 14.7. The Morgan fingerprint density at radius 3 is 2.60 bits per heavy atom. The molecule has 3 N–H and O–H groups in total. The van der Waals surface area contributed by atoms with Gasteiger partial charge in [-0.1, -0.05) is 0 Å². The largest absolute Gasteiger partial charge is 0.382 e. The Labute approximate surface area is 227 Å². The molecule has 1 amide bonds. The Bertz CT molecular complexity index is 1910. The van der Waals surface area contributed by atoms with Gasteiger partial charge in [0.25, 0.3) is 5.91 Å². The number of nitrogens with one attached hydrogen (secondary N) is 1. The van der Waals surface area contributed by atoms with Gasteiger partial charge in [-0.2, -0.15) is 25.0 Å². The van der Waals surface area contributed by atoms with Crippen LogP contribution in [0.2, 0.25) is 0 Å². The maximum atomic E-state index is 13.9. The lowest BCUT2D eigenvalue weighted by molar-refractivity contribution is 0.0562. The van der Waals surface area contributed by atoms with Crippen LogP contribution in [0.15, 0.2) is 47.8 Å². The highest BCUT2D eigenvalue weighted by molar-refractivity contribution is 7.91. The number of hydrogen-bond acceptors (Lipinski definition) is 9. The Morgan fingerprint density at radius 2 is 1.90 bits per heavy atom. The predicted molar refractivity (Wildman–Crippen MR) is 143 cm³/mol. The van der Waals surface area contributed by atoms with Crippen molar-refractivity contribution in [3.63, 3.8) is 0 Å². The van der Waals surface area contributed by atoms with Gasteiger partial charge in [0.15, 0.2) is 21.2 Å². The molecule has 1 aromatic carbocycles. The summed E-state index contributed by atoms with van der Waals surface area (Å²) in [5.41, 5.74) is 9.35. The number of rotatable bonds is 4. The number of piperidine rings is 1. The van der Waals surface area contributed by atoms with Gasteiger partial charge in [0.05, 0.1) is 23.6 Å². The summed E-state index contributed by atoms with van der Waals surface area (Å²) in [6, 6.07) is 5.95. The van der Waals surface area contributed by atoms with Crippen LogP contribution < -0.4 is 5.73 Å². The van der Waals surface area contributed by atoms with Crippen LogP contribution >= 0.6 is 0 Å². The molecule has 204 valence electrons. The third-order valence-corrected chi connectivity index (χ3v) is 9.14. The van der Waals surface area contributed by atoms with Crippen LogP contribution in [0.5, 0.6) is 0 Å². The molecule has 5 aromatic rings. The number of halogens is 1. The molecule has 7 rings (SSSR count). The molecule has 0 saturated carbocycles. The van der Waals surface area contributed by atoms with E-state index in [-0.39, 0.29) is 46.1 Å². The van der Waals surface area contributed by atoms with E-state index in [0.29, 0.717) is 46.2 Å². The number of carbonyl (C=O) groups excluding carboxylic acids is 1. The van der Waals surface area contributed by atoms with Gasteiger partial charge in [0, 0.05) is 47.0 Å². The molecule has 12 nitrogen and oxygen atoms in total. The Hall–Kier alpha value is -4.46. The van der Waals surface area contributed by atoms with Crippen molar-refractivity contribution in [2.24, 2.45) is 0 Å². The number of sulfone groups is 1. The summed E-state index contributed by atoms with van der Waals surface area (Å²) in [7, 11) is -3.78. The SMILES string of the molecule is CS(=O)(=O)c1c([C@H]2C[C@H]3CC[C@@H](C2)N3C(=O)c2cn[nH]n2)nc2c(-c3cnc4ccc(F)cc4c3)cnn2c1N. The molecule has 3 atom stereocenters. The first-order chi connectivity index (χ1) is 19.2. The molecule has 14 heteroatoms. The molecule has 0 radical (unpaired) electrons. The van der Waals surface area contributed by atoms with E-state index in [4.69, 9.17) is 10.7 Å². The van der Waals surface area contributed by atoms with E-state index in [1.165, 1.54) is 22.8 Å². The van der Waals surface area contributed by atoms with Crippen molar-refractivity contribution in [3.05, 3.63) is 60.1 Å². The molecule has 2 fully saturated rings. The first kappa shape index (κ1) is 24.6. The fraction of sp³-hybridized carbons (Fsp3) is 0.308. The van der Waals surface area contributed by atoms with Crippen molar-refractivity contribution in [2.75, 3.05) is 12.0 Å². The number of aromatic nitrogens is 7. The Morgan fingerprint density at radius 1 is 1.12 bits per heavy atom. The van der Waals surface area contributed by atoms with Crippen molar-refractivity contribution in [2.45, 2.75) is 48.6 Å². The van der Waals surface area contributed by atoms with Crippen LogP contribution in [-0.2, 0) is 9.84 Å². The molecule has 2 saturated heterocycles. The van der Waals surface area contributed by atoms with Gasteiger partial charge in [0.2, 0.25) is 0 Å². The van der Waals surface area contributed by atoms with E-state index in [2.05, 4.69) is 25.5 Å². The standard InChI is InChI=1S/C26H24FN9O3S/c1-40(38,39)23-22(14-8-17-3-4-18(9-14)35(17)26(37)21-12-30-34-33-21)32-25-19(11-31-36(25)24(23)28)15-6-13-7-16(27)2-5-20(13)29-10-15/h2,5-7,10-12,14,17-18H,3-4,8-9,28H2,1H3,(H,30,33,34)/t14-,17+,18-. The molecule has 6 heterocycles. The van der Waals surface area contributed by atoms with E-state index < -0.39 is 9.84 Å². The summed E-state index contributed by atoms with van der Waals surface area (Å²) in [6.07, 6.45) is 8.38. The Balaban J connectivity index is 1.34. The number of pyridine rings is 1. The van der Waals surface area contributed by atoms with Gasteiger partial charge in [-0.15, -0.1) is 0 Å². The fourth-order valence-electron chi connectivity index (χ4n) is 6.30. The highest BCUT2D eigenvalue weighted by Gasteiger charge is 2.46. The summed E-state index contributed by atoms with van der Waals surface area (Å²) < 4.78 is 41.3. The van der Waals surface area contributed by atoms with Crippen molar-refractivity contribution in [1.29, 1.82) is 0 Å². The van der Waals surface area contributed by atoms with Gasteiger partial charge in [-0.05, 0) is 49.9 Å². The lowest BCUT2D eigenvalue weighted by atomic mass is 9.87. The van der Waals surface area contributed by atoms with Crippen LogP contribution in [0.4, 0.5) is 10.2 Å². The zero-order valence-corrected chi connectivity index (χ0v) is 22.1. The molecule has 0 spiro atoms. The number of nitrogen functional groups attached to an aromatic ring is 1. The summed E-state index contributed by atoms with van der Waals surface area (Å²) >= 11 is 0. The van der Waals surface area contributed by atoms with E-state index in [1.54, 1.807) is 24.5 Å². The number of carbonyl (C=O) groups is 1. The van der Waals surface area contributed by atoms with Gasteiger partial charge >= 0.3 is 0 Å². The highest BCUT2D eigenvalue weighted by atomic mass is 32.2. The lowest BCUT2D eigenvalue weighted by Gasteiger charge is -2.38. The summed E-state index contributed by atoms with van der Waals surface area (Å²) in [5.74, 6) is -0.842. The molecule has 0 unspecified atom stereocenters. The molecule has 40 heavy (non-hydrogen) atoms. The molecule has 2 bridgehead atoms. The highest BCUT2D eigenvalue weighted by Crippen LogP contribution is 2.45. The topological polar surface area (TPSA) is 165 Å². The quantitative estimate of drug-likeness (QED) is 0.335. The minimum absolute atomic E-state index is 0.0259. The number of amides is 1. The minimum atomic E-state index is -3.78. The van der Waals surface area contributed by atoms with Crippen molar-refractivity contribution >= 4 is 38.1 Å². The zero-order chi connectivity index (χ0) is 27.8. The second-order valence-corrected chi connectivity index (χ2v) is 12.4. The first-order valence-electron chi connectivity index (χ1n) is 12.8. The van der Waals surface area contributed by atoms with Crippen LogP contribution in [0, 0.1) is 5.82 Å². The third kappa shape index (κ3) is 3.81. The number of benzene rings is 1. The number of fused-ring (bicyclic) bond motifs is 4. The van der Waals surface area contributed by atoms with Gasteiger partial charge in [-0.3, -0.25) is 9.78 Å². The van der Waals surface area contributed by atoms with Crippen LogP contribution in [0.1, 0.15) is 47.8 Å². The van der Waals surface area contributed by atoms with Gasteiger partial charge in [0.1, 0.15) is 16.5 Å². The van der Waals surface area contributed by atoms with Crippen molar-refractivity contribution in [1.82, 2.24) is 39.9 Å². The Kier molecular flexibility index (Phi) is 5.39. The van der Waals surface area contributed by atoms with E-state index >= 15 is 0 Å². The number of anilines is 1. The molecule has 2 aliphatic heterocycles. The lowest BCUT2D eigenvalue weighted by Crippen LogP contribution is -2.46. The van der Waals surface area contributed by atoms with E-state index in [1.807, 2.05) is 4.90 Å². The number of H-pyrrole nitrogens is 1. The van der Waals surface area contributed by atoms with Gasteiger partial charge < -0.3 is 10.6 Å². The fourth-order valence-corrected chi connectivity index (χ4v) is 7.36. The van der Waals surface area contributed by atoms with Crippen LogP contribution in [0.25, 0.3) is 27.7 Å². The third-order valence-electron chi connectivity index (χ3n) is 7.98. The number of nitrogens with two attached hydrogens (primary N) is 1. The van der Waals surface area contributed by atoms with Gasteiger partial charge in [-0.25, -0.2) is 17.8 Å². The molecular weight excluding hydrogens is 537 g/mol. The van der Waals surface area contributed by atoms with E-state index in [0.717, 1.165) is 19.1 Å². The average Bonchev–Trinajstić information content (AvgIpc) is 3.65. The van der Waals surface area contributed by atoms with Crippen molar-refractivity contribution < 1.29 is 17.6 Å². The molecule has 2 aliphatic rings. The smallest absolute Gasteiger partial charge is 0.276 e. The normalized spacial score (nSPS) is 20.9. The molecule has 4 aromatic heterocycles. The zero-order valence-electron chi connectivity index (χ0n) is 21.3. The number of hydrogen-bond donors (Lipinski definition) is 2. The second kappa shape index (κ2) is 8.78. The summed E-state index contributed by atoms with van der Waals surface area (Å²) in [5, 5.41) is 15.1. The van der Waals surface area contributed by atoms with E-state index in [9.17, 15) is 17.6 Å². The molecular formula is C26H24FN9O3S. The second-order valence-electron chi connectivity index (χ2n) is 10.5. The monoisotopic (exact) mass is 561 g/mol. The maximum Gasteiger partial charge on any atom is 0.276 e. The molecule has 0 aliphatic carbocycles. The summed E-state index contributed by atoms with van der Waals surface area (Å²) in [6.45, 7) is 0.